The predicted octanol–water partition coefficient (Wildman–Crippen LogP) is 0.558. The molecule has 3 heterocycles. The topological polar surface area (TPSA) is 107 Å². The zero-order valence-electron chi connectivity index (χ0n) is 16.7. The molecule has 164 valence electrons. The third kappa shape index (κ3) is 4.23. The van der Waals surface area contributed by atoms with Crippen molar-refractivity contribution in [3.63, 3.8) is 0 Å². The third-order valence-corrected chi connectivity index (χ3v) is 6.54. The molecule has 2 bridgehead atoms. The zero-order chi connectivity index (χ0) is 21.0. The van der Waals surface area contributed by atoms with E-state index in [-0.39, 0.29) is 66.0 Å². The van der Waals surface area contributed by atoms with E-state index < -0.39 is 29.6 Å². The van der Waals surface area contributed by atoms with E-state index in [0.29, 0.717) is 16.1 Å². The quantitative estimate of drug-likeness (QED) is 0.538. The van der Waals surface area contributed by atoms with Crippen molar-refractivity contribution in [3.05, 3.63) is 35.0 Å². The van der Waals surface area contributed by atoms with Crippen molar-refractivity contribution in [2.45, 2.75) is 39.2 Å². The molecule has 0 amide bonds. The summed E-state index contributed by atoms with van der Waals surface area (Å²) < 4.78 is 29.2. The second kappa shape index (κ2) is 9.59. The summed E-state index contributed by atoms with van der Waals surface area (Å²) in [7, 11) is 0. The maximum absolute atomic E-state index is 14.6. The Kier molecular flexibility index (Phi) is 7.44. The van der Waals surface area contributed by atoms with Gasteiger partial charge in [-0.25, -0.2) is 18.7 Å². The Bertz CT molecular complexity index is 1150. The average molecular weight is 472 g/mol. The third-order valence-electron chi connectivity index (χ3n) is 6.34. The minimum atomic E-state index is -1.15. The minimum Gasteiger partial charge on any atom is -0.550 e. The number of aliphatic carboxylic acids is 1. The molecule has 7 nitrogen and oxygen atoms in total. The Labute approximate surface area is 210 Å². The Hall–Kier alpha value is -1.81. The number of halogens is 3. The van der Waals surface area contributed by atoms with Gasteiger partial charge in [-0.2, -0.15) is 5.10 Å². The number of pyridine rings is 2. The van der Waals surface area contributed by atoms with Crippen LogP contribution in [0, 0.1) is 29.4 Å². The van der Waals surface area contributed by atoms with Crippen LogP contribution in [0.1, 0.15) is 33.1 Å². The number of carbonyl (C=O) groups excluding carboxylic acids is 1. The van der Waals surface area contributed by atoms with Crippen molar-refractivity contribution in [1.82, 2.24) is 20.2 Å². The van der Waals surface area contributed by atoms with E-state index in [0.717, 1.165) is 31.7 Å². The van der Waals surface area contributed by atoms with Gasteiger partial charge >= 0.3 is 29.6 Å². The van der Waals surface area contributed by atoms with Gasteiger partial charge < -0.3 is 15.2 Å². The van der Waals surface area contributed by atoms with Gasteiger partial charge in [0.25, 0.3) is 0 Å². The van der Waals surface area contributed by atoms with Crippen molar-refractivity contribution in [2.75, 3.05) is 5.32 Å². The SMILES string of the molecule is C.O=C([O-])[C@H]1C2CCC(CC2)C1Nc1nc(-c2[nH]nc3ncc(Cl)cc23)c(F)cc1F.[Na+]. The van der Waals surface area contributed by atoms with E-state index in [1.807, 2.05) is 0 Å². The first kappa shape index (κ1) is 24.8. The molecule has 3 aliphatic rings. The molecule has 11 heteroatoms. The number of aromatic amines is 1. The van der Waals surface area contributed by atoms with Gasteiger partial charge in [0.15, 0.2) is 23.1 Å². The first-order valence-corrected chi connectivity index (χ1v) is 10.1. The molecule has 6 rings (SSSR count). The normalized spacial score (nSPS) is 24.0. The summed E-state index contributed by atoms with van der Waals surface area (Å²) >= 11 is 5.99. The summed E-state index contributed by atoms with van der Waals surface area (Å²) in [4.78, 5) is 20.0. The van der Waals surface area contributed by atoms with Gasteiger partial charge in [0.05, 0.1) is 10.7 Å². The predicted molar refractivity (Wildman–Crippen MR) is 110 cm³/mol. The van der Waals surface area contributed by atoms with Crippen LogP contribution in [0.25, 0.3) is 22.4 Å². The standard InChI is InChI=1S/C20H18ClF2N5O2.CH4.Na/c21-10-5-11-16(27-28-18(11)24-7-10)17-12(22)6-13(23)19(26-17)25-15-9-3-1-8(2-4-9)14(15)20(29)30;;/h5-9,14-15H,1-4H2,(H,25,26)(H,29,30)(H,24,27,28);1H4;/q;;+1/p-1/t8?,9?,14-,15?;;/m0../s1. The van der Waals surface area contributed by atoms with Gasteiger partial charge in [0.2, 0.25) is 0 Å². The number of carboxylic acids is 1. The van der Waals surface area contributed by atoms with E-state index in [1.165, 1.54) is 6.20 Å². The maximum atomic E-state index is 14.6. The van der Waals surface area contributed by atoms with E-state index in [2.05, 4.69) is 25.5 Å². The van der Waals surface area contributed by atoms with E-state index in [4.69, 9.17) is 11.6 Å². The van der Waals surface area contributed by atoms with Crippen LogP contribution in [0.3, 0.4) is 0 Å². The Morgan fingerprint density at radius 1 is 1.16 bits per heavy atom. The summed E-state index contributed by atoms with van der Waals surface area (Å²) in [5, 5.41) is 22.2. The summed E-state index contributed by atoms with van der Waals surface area (Å²) in [5.41, 5.74) is 0.370. The molecule has 32 heavy (non-hydrogen) atoms. The average Bonchev–Trinajstić information content (AvgIpc) is 3.13. The number of carbonyl (C=O) groups is 1. The summed E-state index contributed by atoms with van der Waals surface area (Å²) in [5.74, 6) is -3.80. The fourth-order valence-electron chi connectivity index (χ4n) is 4.95. The first-order chi connectivity index (χ1) is 14.4. The van der Waals surface area contributed by atoms with Crippen LogP contribution in [0.15, 0.2) is 18.3 Å². The monoisotopic (exact) mass is 471 g/mol. The molecule has 3 aliphatic carbocycles. The van der Waals surface area contributed by atoms with Crippen LogP contribution in [0.2, 0.25) is 5.02 Å². The number of fused-ring (bicyclic) bond motifs is 4. The summed E-state index contributed by atoms with van der Waals surface area (Å²) in [6.07, 6.45) is 4.77. The molecule has 0 aliphatic heterocycles. The second-order valence-corrected chi connectivity index (χ2v) is 8.40. The summed E-state index contributed by atoms with van der Waals surface area (Å²) in [6.45, 7) is 0. The molecule has 3 saturated carbocycles. The van der Waals surface area contributed by atoms with Gasteiger partial charge in [-0.1, -0.05) is 19.0 Å². The molecular weight excluding hydrogens is 451 g/mol. The molecule has 1 unspecified atom stereocenters. The van der Waals surface area contributed by atoms with Crippen LogP contribution in [-0.2, 0) is 4.79 Å². The second-order valence-electron chi connectivity index (χ2n) is 7.96. The molecule has 2 atom stereocenters. The number of nitrogens with zero attached hydrogens (tertiary/aromatic N) is 3. The molecule has 0 radical (unpaired) electrons. The van der Waals surface area contributed by atoms with E-state index >= 15 is 0 Å². The first-order valence-electron chi connectivity index (χ1n) is 9.76. The molecule has 3 aromatic rings. The number of hydrogen-bond acceptors (Lipinski definition) is 6. The fourth-order valence-corrected chi connectivity index (χ4v) is 5.11. The van der Waals surface area contributed by atoms with Crippen LogP contribution in [0.4, 0.5) is 14.6 Å². The smallest absolute Gasteiger partial charge is 0.550 e. The Morgan fingerprint density at radius 3 is 2.53 bits per heavy atom. The van der Waals surface area contributed by atoms with Crippen LogP contribution in [-0.4, -0.2) is 32.2 Å². The minimum absolute atomic E-state index is 0. The fraction of sp³-hybridized carbons (Fsp3) is 0.429. The molecule has 0 saturated heterocycles. The molecule has 3 fully saturated rings. The van der Waals surface area contributed by atoms with E-state index in [1.54, 1.807) is 6.07 Å². The Balaban J connectivity index is 0.00000144. The number of hydrogen-bond donors (Lipinski definition) is 2. The van der Waals surface area contributed by atoms with Gasteiger partial charge in [0.1, 0.15) is 5.69 Å². The van der Waals surface area contributed by atoms with Gasteiger partial charge in [-0.3, -0.25) is 5.10 Å². The van der Waals surface area contributed by atoms with Crippen LogP contribution in [0.5, 0.6) is 0 Å². The van der Waals surface area contributed by atoms with Gasteiger partial charge in [-0.15, -0.1) is 0 Å². The molecule has 3 aromatic heterocycles. The Morgan fingerprint density at radius 2 is 1.84 bits per heavy atom. The zero-order valence-corrected chi connectivity index (χ0v) is 19.4. The largest absolute Gasteiger partial charge is 1.00 e. The maximum Gasteiger partial charge on any atom is 1.00 e. The number of H-pyrrole nitrogens is 1. The van der Waals surface area contributed by atoms with Crippen molar-refractivity contribution in [1.29, 1.82) is 0 Å². The van der Waals surface area contributed by atoms with Crippen molar-refractivity contribution < 1.29 is 48.2 Å². The van der Waals surface area contributed by atoms with Gasteiger partial charge in [-0.05, 0) is 43.6 Å². The van der Waals surface area contributed by atoms with Crippen LogP contribution < -0.4 is 40.0 Å². The van der Waals surface area contributed by atoms with Crippen LogP contribution >= 0.6 is 11.6 Å². The molecular formula is C21H21ClF2N5NaO2. The number of anilines is 1. The van der Waals surface area contributed by atoms with E-state index in [9.17, 15) is 18.7 Å². The van der Waals surface area contributed by atoms with Crippen molar-refractivity contribution >= 4 is 34.4 Å². The number of aromatic nitrogens is 4. The number of nitrogens with one attached hydrogen (secondary N) is 2. The van der Waals surface area contributed by atoms with Gasteiger partial charge in [0, 0.05) is 35.6 Å². The molecule has 0 aromatic carbocycles. The van der Waals surface area contributed by atoms with Crippen molar-refractivity contribution in [3.8, 4) is 11.4 Å². The molecule has 2 N–H and O–H groups in total. The number of rotatable bonds is 4. The van der Waals surface area contributed by atoms with Crippen molar-refractivity contribution in [2.24, 2.45) is 17.8 Å². The molecule has 0 spiro atoms. The summed E-state index contributed by atoms with van der Waals surface area (Å²) in [6, 6.07) is 1.77. The number of carboxylic acid groups (broad SMARTS) is 1.